The van der Waals surface area contributed by atoms with Crippen LogP contribution in [-0.4, -0.2) is 16.5 Å². The van der Waals surface area contributed by atoms with Crippen LogP contribution in [0.25, 0.3) is 0 Å². The van der Waals surface area contributed by atoms with E-state index in [9.17, 15) is 9.59 Å². The van der Waals surface area contributed by atoms with Gasteiger partial charge in [-0.2, -0.15) is 0 Å². The number of hydrogen-bond donors (Lipinski definition) is 0. The van der Waals surface area contributed by atoms with E-state index in [0.717, 1.165) is 12.1 Å². The molecule has 0 bridgehead atoms. The molecule has 4 heteroatoms. The summed E-state index contributed by atoms with van der Waals surface area (Å²) in [5.41, 5.74) is 2.71. The first kappa shape index (κ1) is 13.6. The van der Waals surface area contributed by atoms with Gasteiger partial charge in [0, 0.05) is 23.5 Å². The van der Waals surface area contributed by atoms with Crippen molar-refractivity contribution in [3.63, 3.8) is 0 Å². The minimum Gasteiger partial charge on any atom is -0.307 e. The van der Waals surface area contributed by atoms with Gasteiger partial charge in [0.25, 0.3) is 5.56 Å². The number of benzene rings is 1. The highest BCUT2D eigenvalue weighted by molar-refractivity contribution is 5.96. The largest absolute Gasteiger partial charge is 0.307 e. The van der Waals surface area contributed by atoms with Crippen molar-refractivity contribution in [2.75, 3.05) is 4.90 Å². The number of amides is 1. The summed E-state index contributed by atoms with van der Waals surface area (Å²) in [6, 6.07) is 11.6. The fourth-order valence-electron chi connectivity index (χ4n) is 2.95. The zero-order valence-corrected chi connectivity index (χ0v) is 12.2. The van der Waals surface area contributed by atoms with Crippen LogP contribution in [0, 0.1) is 6.92 Å². The Labute approximate surface area is 123 Å². The van der Waals surface area contributed by atoms with Gasteiger partial charge in [-0.15, -0.1) is 0 Å². The quantitative estimate of drug-likeness (QED) is 0.847. The minimum absolute atomic E-state index is 0.0415. The lowest BCUT2D eigenvalue weighted by Gasteiger charge is -2.23. The Bertz CT molecular complexity index is 748. The summed E-state index contributed by atoms with van der Waals surface area (Å²) in [6.45, 7) is 3.88. The number of hydrogen-bond acceptors (Lipinski definition) is 2. The summed E-state index contributed by atoms with van der Waals surface area (Å²) in [4.78, 5) is 26.5. The minimum atomic E-state index is -0.106. The molecule has 3 rings (SSSR count). The van der Waals surface area contributed by atoms with Gasteiger partial charge in [-0.05, 0) is 38.0 Å². The second kappa shape index (κ2) is 5.20. The van der Waals surface area contributed by atoms with Gasteiger partial charge in [0.05, 0.1) is 0 Å². The highest BCUT2D eigenvalue weighted by Crippen LogP contribution is 2.31. The molecule has 0 saturated carbocycles. The van der Waals surface area contributed by atoms with Crippen LogP contribution in [-0.2, 0) is 17.8 Å². The Morgan fingerprint density at radius 1 is 1.24 bits per heavy atom. The predicted octanol–water partition coefficient (Wildman–Crippen LogP) is 2.13. The van der Waals surface area contributed by atoms with Crippen molar-refractivity contribution < 1.29 is 4.79 Å². The van der Waals surface area contributed by atoms with Crippen LogP contribution in [0.3, 0.4) is 0 Å². The normalized spacial score (nSPS) is 16.9. The molecule has 2 aromatic rings. The third kappa shape index (κ3) is 2.37. The first-order valence-electron chi connectivity index (χ1n) is 7.14. The molecule has 0 radical (unpaired) electrons. The zero-order chi connectivity index (χ0) is 15.0. The van der Waals surface area contributed by atoms with Crippen LogP contribution >= 0.6 is 0 Å². The molecule has 1 aliphatic heterocycles. The molecule has 108 valence electrons. The number of aryl methyl sites for hydroxylation is 1. The Kier molecular flexibility index (Phi) is 3.37. The van der Waals surface area contributed by atoms with Crippen molar-refractivity contribution in [2.24, 2.45) is 0 Å². The third-order valence-corrected chi connectivity index (χ3v) is 3.99. The van der Waals surface area contributed by atoms with Crippen LogP contribution in [0.2, 0.25) is 0 Å². The Balaban J connectivity index is 1.89. The van der Waals surface area contributed by atoms with Gasteiger partial charge in [-0.3, -0.25) is 9.59 Å². The highest BCUT2D eigenvalue weighted by Gasteiger charge is 2.30. The number of pyridine rings is 1. The van der Waals surface area contributed by atoms with E-state index >= 15 is 0 Å². The zero-order valence-electron chi connectivity index (χ0n) is 12.2. The summed E-state index contributed by atoms with van der Waals surface area (Å²) in [6.07, 6.45) is 2.53. The van der Waals surface area contributed by atoms with Gasteiger partial charge >= 0.3 is 0 Å². The van der Waals surface area contributed by atoms with Crippen LogP contribution in [0.1, 0.15) is 18.1 Å². The van der Waals surface area contributed by atoms with E-state index in [1.54, 1.807) is 25.3 Å². The van der Waals surface area contributed by atoms with Gasteiger partial charge in [0.2, 0.25) is 5.91 Å². The van der Waals surface area contributed by atoms with Crippen molar-refractivity contribution in [2.45, 2.75) is 32.9 Å². The molecule has 1 unspecified atom stereocenters. The van der Waals surface area contributed by atoms with E-state index < -0.39 is 0 Å². The molecule has 2 heterocycles. The summed E-state index contributed by atoms with van der Waals surface area (Å²) in [5.74, 6) is -0.0415. The number of carbonyl (C=O) groups excluding carboxylic acids is 1. The second-order valence-electron chi connectivity index (χ2n) is 5.57. The average Bonchev–Trinajstić information content (AvgIpc) is 2.79. The lowest BCUT2D eigenvalue weighted by molar-refractivity contribution is -0.119. The van der Waals surface area contributed by atoms with Gasteiger partial charge in [0.1, 0.15) is 6.54 Å². The summed E-state index contributed by atoms with van der Waals surface area (Å²) in [7, 11) is 0. The Morgan fingerprint density at radius 2 is 2.00 bits per heavy atom. The maximum Gasteiger partial charge on any atom is 0.253 e. The number of aromatic nitrogens is 1. The monoisotopic (exact) mass is 282 g/mol. The maximum atomic E-state index is 12.6. The van der Waals surface area contributed by atoms with Crippen LogP contribution in [0.15, 0.2) is 47.4 Å². The molecule has 0 spiro atoms. The van der Waals surface area contributed by atoms with E-state index in [1.165, 1.54) is 10.1 Å². The molecule has 0 saturated heterocycles. The maximum absolute atomic E-state index is 12.6. The van der Waals surface area contributed by atoms with Crippen molar-refractivity contribution in [1.82, 2.24) is 4.57 Å². The Hall–Kier alpha value is -2.36. The molecule has 0 N–H and O–H groups in total. The second-order valence-corrected chi connectivity index (χ2v) is 5.57. The molecule has 0 fully saturated rings. The van der Waals surface area contributed by atoms with Crippen molar-refractivity contribution >= 4 is 11.6 Å². The molecule has 1 aromatic heterocycles. The number of anilines is 1. The molecule has 1 aromatic carbocycles. The van der Waals surface area contributed by atoms with E-state index in [0.29, 0.717) is 5.56 Å². The third-order valence-electron chi connectivity index (χ3n) is 3.99. The summed E-state index contributed by atoms with van der Waals surface area (Å²) < 4.78 is 1.48. The number of nitrogens with zero attached hydrogens (tertiary/aromatic N) is 2. The van der Waals surface area contributed by atoms with Gasteiger partial charge in [-0.1, -0.05) is 24.3 Å². The first-order chi connectivity index (χ1) is 10.1. The smallest absolute Gasteiger partial charge is 0.253 e. The van der Waals surface area contributed by atoms with E-state index in [4.69, 9.17) is 0 Å². The molecule has 1 atom stereocenters. The SMILES string of the molecule is Cc1cccn(CC(=O)N2c3ccccc3CC2C)c1=O. The number of carbonyl (C=O) groups is 1. The molecule has 0 aliphatic carbocycles. The molecule has 1 amide bonds. The van der Waals surface area contributed by atoms with E-state index in [1.807, 2.05) is 30.0 Å². The van der Waals surface area contributed by atoms with Crippen molar-refractivity contribution in [3.05, 3.63) is 64.1 Å². The molecular weight excluding hydrogens is 264 g/mol. The standard InChI is InChI=1S/C17H18N2O2/c1-12-6-5-9-18(17(12)21)11-16(20)19-13(2)10-14-7-3-4-8-15(14)19/h3-9,13H,10-11H2,1-2H3. The van der Waals surface area contributed by atoms with Crippen molar-refractivity contribution in [3.8, 4) is 0 Å². The van der Waals surface area contributed by atoms with Crippen LogP contribution in [0.4, 0.5) is 5.69 Å². The number of fused-ring (bicyclic) bond motifs is 1. The summed E-state index contributed by atoms with van der Waals surface area (Å²) >= 11 is 0. The van der Waals surface area contributed by atoms with E-state index in [2.05, 4.69) is 6.07 Å². The fourth-order valence-corrected chi connectivity index (χ4v) is 2.95. The van der Waals surface area contributed by atoms with Crippen LogP contribution < -0.4 is 10.5 Å². The lowest BCUT2D eigenvalue weighted by atomic mass is 10.1. The molecular formula is C17H18N2O2. The molecule has 4 nitrogen and oxygen atoms in total. The first-order valence-corrected chi connectivity index (χ1v) is 7.14. The van der Waals surface area contributed by atoms with Gasteiger partial charge < -0.3 is 9.47 Å². The number of rotatable bonds is 2. The average molecular weight is 282 g/mol. The highest BCUT2D eigenvalue weighted by atomic mass is 16.2. The van der Waals surface area contributed by atoms with Crippen LogP contribution in [0.5, 0.6) is 0 Å². The topological polar surface area (TPSA) is 42.3 Å². The van der Waals surface area contributed by atoms with E-state index in [-0.39, 0.29) is 24.1 Å². The molecule has 21 heavy (non-hydrogen) atoms. The lowest BCUT2D eigenvalue weighted by Crippen LogP contribution is -2.40. The molecule has 1 aliphatic rings. The Morgan fingerprint density at radius 3 is 2.81 bits per heavy atom. The van der Waals surface area contributed by atoms with Gasteiger partial charge in [0.15, 0.2) is 0 Å². The number of para-hydroxylation sites is 1. The van der Waals surface area contributed by atoms with Gasteiger partial charge in [-0.25, -0.2) is 0 Å². The fraction of sp³-hybridized carbons (Fsp3) is 0.294. The predicted molar refractivity (Wildman–Crippen MR) is 82.5 cm³/mol. The van der Waals surface area contributed by atoms with Crippen molar-refractivity contribution in [1.29, 1.82) is 0 Å². The summed E-state index contributed by atoms with van der Waals surface area (Å²) in [5, 5.41) is 0.